The van der Waals surface area contributed by atoms with E-state index in [1.807, 2.05) is 30.3 Å². The van der Waals surface area contributed by atoms with E-state index < -0.39 is 9.84 Å². The van der Waals surface area contributed by atoms with E-state index in [1.54, 1.807) is 31.2 Å². The number of nitrogens with zero attached hydrogens (tertiary/aromatic N) is 2. The molecular formula is C20H24N2O3S. The molecule has 0 unspecified atom stereocenters. The van der Waals surface area contributed by atoms with Crippen molar-refractivity contribution in [3.63, 3.8) is 0 Å². The summed E-state index contributed by atoms with van der Waals surface area (Å²) in [4.78, 5) is 16.2. The molecule has 26 heavy (non-hydrogen) atoms. The molecule has 1 aliphatic rings. The normalized spacial score (nSPS) is 15.8. The second-order valence-corrected chi connectivity index (χ2v) is 8.67. The standard InChI is InChI=1S/C20H24N2O3S/c1-17(23)18-7-9-19(10-8-18)22-13-11-21(12-14-22)15-16-26(24,25)20-5-3-2-4-6-20/h2-10H,11-16H2,1H3. The van der Waals surface area contributed by atoms with Crippen LogP contribution in [0, 0.1) is 0 Å². The first-order chi connectivity index (χ1) is 12.5. The number of rotatable bonds is 6. The largest absolute Gasteiger partial charge is 0.369 e. The Balaban J connectivity index is 1.52. The highest BCUT2D eigenvalue weighted by atomic mass is 32.2. The fraction of sp³-hybridized carbons (Fsp3) is 0.350. The van der Waals surface area contributed by atoms with Gasteiger partial charge in [0.25, 0.3) is 0 Å². The van der Waals surface area contributed by atoms with Gasteiger partial charge in [-0.15, -0.1) is 0 Å². The molecule has 3 rings (SSSR count). The van der Waals surface area contributed by atoms with Crippen LogP contribution in [0.2, 0.25) is 0 Å². The summed E-state index contributed by atoms with van der Waals surface area (Å²) in [6.45, 7) is 5.48. The monoisotopic (exact) mass is 372 g/mol. The third-order valence-corrected chi connectivity index (χ3v) is 6.50. The van der Waals surface area contributed by atoms with E-state index in [-0.39, 0.29) is 11.5 Å². The number of hydrogen-bond donors (Lipinski definition) is 0. The smallest absolute Gasteiger partial charge is 0.179 e. The summed E-state index contributed by atoms with van der Waals surface area (Å²) in [5, 5.41) is 0. The number of hydrogen-bond acceptors (Lipinski definition) is 5. The van der Waals surface area contributed by atoms with Crippen molar-refractivity contribution in [2.45, 2.75) is 11.8 Å². The maximum absolute atomic E-state index is 12.4. The van der Waals surface area contributed by atoms with Gasteiger partial charge in [-0.3, -0.25) is 9.69 Å². The second kappa shape index (κ2) is 8.01. The summed E-state index contributed by atoms with van der Waals surface area (Å²) in [6, 6.07) is 16.3. The molecule has 0 radical (unpaired) electrons. The number of ketones is 1. The molecule has 2 aromatic carbocycles. The van der Waals surface area contributed by atoms with Crippen molar-refractivity contribution in [3.8, 4) is 0 Å². The number of anilines is 1. The Morgan fingerprint density at radius 2 is 1.54 bits per heavy atom. The van der Waals surface area contributed by atoms with Gasteiger partial charge in [-0.05, 0) is 43.3 Å². The van der Waals surface area contributed by atoms with Crippen LogP contribution in [0.5, 0.6) is 0 Å². The van der Waals surface area contributed by atoms with E-state index in [1.165, 1.54) is 0 Å². The van der Waals surface area contributed by atoms with Gasteiger partial charge in [0.2, 0.25) is 0 Å². The topological polar surface area (TPSA) is 57.7 Å². The van der Waals surface area contributed by atoms with Gasteiger partial charge in [0.15, 0.2) is 15.6 Å². The molecule has 5 nitrogen and oxygen atoms in total. The Bertz CT molecular complexity index is 840. The van der Waals surface area contributed by atoms with Gasteiger partial charge in [-0.25, -0.2) is 8.42 Å². The summed E-state index contributed by atoms with van der Waals surface area (Å²) in [5.74, 6) is 0.214. The average molecular weight is 372 g/mol. The first kappa shape index (κ1) is 18.6. The third-order valence-electron chi connectivity index (χ3n) is 4.79. The fourth-order valence-electron chi connectivity index (χ4n) is 3.13. The van der Waals surface area contributed by atoms with Crippen LogP contribution in [-0.4, -0.2) is 57.6 Å². The van der Waals surface area contributed by atoms with Crippen molar-refractivity contribution in [2.75, 3.05) is 43.4 Å². The molecule has 0 bridgehead atoms. The van der Waals surface area contributed by atoms with Crippen LogP contribution in [0.3, 0.4) is 0 Å². The van der Waals surface area contributed by atoms with Crippen molar-refractivity contribution in [3.05, 3.63) is 60.2 Å². The predicted molar refractivity (Wildman–Crippen MR) is 104 cm³/mol. The zero-order valence-electron chi connectivity index (χ0n) is 15.0. The minimum atomic E-state index is -3.23. The summed E-state index contributed by atoms with van der Waals surface area (Å²) < 4.78 is 24.8. The molecule has 0 spiro atoms. The Morgan fingerprint density at radius 3 is 2.12 bits per heavy atom. The van der Waals surface area contributed by atoms with Gasteiger partial charge in [0, 0.05) is 44.0 Å². The van der Waals surface area contributed by atoms with Crippen molar-refractivity contribution in [1.29, 1.82) is 0 Å². The van der Waals surface area contributed by atoms with Crippen LogP contribution in [0.1, 0.15) is 17.3 Å². The van der Waals surface area contributed by atoms with E-state index in [0.29, 0.717) is 11.4 Å². The zero-order chi connectivity index (χ0) is 18.6. The lowest BCUT2D eigenvalue weighted by Gasteiger charge is -2.36. The first-order valence-corrected chi connectivity index (χ1v) is 10.5. The molecule has 1 aliphatic heterocycles. The number of benzene rings is 2. The quantitative estimate of drug-likeness (QED) is 0.729. The Morgan fingerprint density at radius 1 is 0.923 bits per heavy atom. The van der Waals surface area contributed by atoms with Gasteiger partial charge in [0.1, 0.15) is 0 Å². The zero-order valence-corrected chi connectivity index (χ0v) is 15.8. The van der Waals surface area contributed by atoms with Crippen LogP contribution in [0.4, 0.5) is 5.69 Å². The molecule has 138 valence electrons. The van der Waals surface area contributed by atoms with Crippen molar-refractivity contribution < 1.29 is 13.2 Å². The van der Waals surface area contributed by atoms with Crippen LogP contribution < -0.4 is 4.90 Å². The molecule has 1 fully saturated rings. The lowest BCUT2D eigenvalue weighted by Crippen LogP contribution is -2.47. The lowest BCUT2D eigenvalue weighted by atomic mass is 10.1. The molecular weight excluding hydrogens is 348 g/mol. The van der Waals surface area contributed by atoms with E-state index in [2.05, 4.69) is 9.80 Å². The molecule has 0 amide bonds. The molecule has 1 saturated heterocycles. The Hall–Kier alpha value is -2.18. The average Bonchev–Trinajstić information content (AvgIpc) is 2.68. The maximum Gasteiger partial charge on any atom is 0.179 e. The highest BCUT2D eigenvalue weighted by molar-refractivity contribution is 7.91. The minimum Gasteiger partial charge on any atom is -0.369 e. The van der Waals surface area contributed by atoms with Crippen LogP contribution in [0.15, 0.2) is 59.5 Å². The summed E-state index contributed by atoms with van der Waals surface area (Å²) in [6.07, 6.45) is 0. The maximum atomic E-state index is 12.4. The van der Waals surface area contributed by atoms with Gasteiger partial charge < -0.3 is 4.90 Å². The van der Waals surface area contributed by atoms with Crippen LogP contribution in [-0.2, 0) is 9.84 Å². The van der Waals surface area contributed by atoms with E-state index in [9.17, 15) is 13.2 Å². The number of carbonyl (C=O) groups is 1. The molecule has 0 aromatic heterocycles. The van der Waals surface area contributed by atoms with Crippen LogP contribution >= 0.6 is 0 Å². The van der Waals surface area contributed by atoms with Crippen molar-refractivity contribution in [1.82, 2.24) is 4.90 Å². The van der Waals surface area contributed by atoms with Gasteiger partial charge in [0.05, 0.1) is 10.6 Å². The van der Waals surface area contributed by atoms with E-state index in [0.717, 1.165) is 37.4 Å². The highest BCUT2D eigenvalue weighted by Crippen LogP contribution is 2.18. The molecule has 1 heterocycles. The molecule has 0 aliphatic carbocycles. The fourth-order valence-corrected chi connectivity index (χ4v) is 4.44. The van der Waals surface area contributed by atoms with E-state index >= 15 is 0 Å². The highest BCUT2D eigenvalue weighted by Gasteiger charge is 2.20. The molecule has 0 N–H and O–H groups in total. The van der Waals surface area contributed by atoms with Gasteiger partial charge in [-0.1, -0.05) is 18.2 Å². The first-order valence-electron chi connectivity index (χ1n) is 8.82. The van der Waals surface area contributed by atoms with Crippen LogP contribution in [0.25, 0.3) is 0 Å². The molecule has 2 aromatic rings. The second-order valence-electron chi connectivity index (χ2n) is 6.56. The SMILES string of the molecule is CC(=O)c1ccc(N2CCN(CCS(=O)(=O)c3ccccc3)CC2)cc1. The number of sulfone groups is 1. The number of Topliss-reactive ketones (excluding diaryl/α,β-unsaturated/α-hetero) is 1. The van der Waals surface area contributed by atoms with E-state index in [4.69, 9.17) is 0 Å². The van der Waals surface area contributed by atoms with Crippen molar-refractivity contribution >= 4 is 21.3 Å². The number of piperazine rings is 1. The van der Waals surface area contributed by atoms with Crippen molar-refractivity contribution in [2.24, 2.45) is 0 Å². The Kier molecular flexibility index (Phi) is 5.74. The summed E-state index contributed by atoms with van der Waals surface area (Å²) in [7, 11) is -3.23. The summed E-state index contributed by atoms with van der Waals surface area (Å²) >= 11 is 0. The summed E-state index contributed by atoms with van der Waals surface area (Å²) in [5.41, 5.74) is 1.82. The third kappa shape index (κ3) is 4.51. The van der Waals surface area contributed by atoms with Gasteiger partial charge >= 0.3 is 0 Å². The number of carbonyl (C=O) groups excluding carboxylic acids is 1. The lowest BCUT2D eigenvalue weighted by molar-refractivity contribution is 0.101. The molecule has 0 atom stereocenters. The van der Waals surface area contributed by atoms with Gasteiger partial charge in [-0.2, -0.15) is 0 Å². The Labute approximate surface area is 155 Å². The molecule has 0 saturated carbocycles. The predicted octanol–water partition coefficient (Wildman–Crippen LogP) is 2.49. The minimum absolute atomic E-state index is 0.0704. The molecule has 6 heteroatoms.